The van der Waals surface area contributed by atoms with Gasteiger partial charge in [0.05, 0.1) is 31.2 Å². The summed E-state index contributed by atoms with van der Waals surface area (Å²) in [4.78, 5) is 26.0. The van der Waals surface area contributed by atoms with Crippen LogP contribution in [0.5, 0.6) is 5.75 Å². The Labute approximate surface area is 248 Å². The summed E-state index contributed by atoms with van der Waals surface area (Å²) in [5, 5.41) is 17.9. The number of aromatic nitrogens is 3. The van der Waals surface area contributed by atoms with E-state index in [-0.39, 0.29) is 36.0 Å². The first-order chi connectivity index (χ1) is 19.8. The summed E-state index contributed by atoms with van der Waals surface area (Å²) in [6.45, 7) is 0.160. The fourth-order valence-corrected chi connectivity index (χ4v) is 5.39. The summed E-state index contributed by atoms with van der Waals surface area (Å²) >= 11 is 4.68. The highest BCUT2D eigenvalue weighted by Gasteiger charge is 2.33. The quantitative estimate of drug-likeness (QED) is 0.256. The minimum Gasteiger partial charge on any atom is -0.497 e. The second-order valence-electron chi connectivity index (χ2n) is 9.22. The molecule has 0 spiro atoms. The zero-order chi connectivity index (χ0) is 28.9. The first-order valence-corrected chi connectivity index (χ1v) is 14.4. The van der Waals surface area contributed by atoms with Gasteiger partial charge in [-0.05, 0) is 53.6 Å². The molecule has 0 radical (unpaired) electrons. The molecule has 0 unspecified atom stereocenters. The number of benzene rings is 3. The number of carbonyl (C=O) groups excluding carboxylic acids is 2. The molecule has 0 saturated heterocycles. The monoisotopic (exact) mass is 636 g/mol. The van der Waals surface area contributed by atoms with Gasteiger partial charge in [0.1, 0.15) is 11.6 Å². The molecule has 2 heterocycles. The maximum Gasteiger partial charge on any atom is 0.253 e. The summed E-state index contributed by atoms with van der Waals surface area (Å²) in [5.41, 5.74) is 2.96. The van der Waals surface area contributed by atoms with E-state index in [2.05, 4.69) is 36.5 Å². The maximum absolute atomic E-state index is 13.6. The molecule has 210 valence electrons. The molecule has 0 bridgehead atoms. The smallest absolute Gasteiger partial charge is 0.253 e. The van der Waals surface area contributed by atoms with Gasteiger partial charge in [-0.25, -0.2) is 9.40 Å². The standard InChI is InChI=1S/C29H26BrFN6O3S/c1-36-26(16-32-28(39)20-4-3-5-23(14-20)40-2)33-34-29(36)41-17-27(38)37-25(19-8-12-22(31)13-9-19)15-24(35-37)18-6-10-21(30)11-7-18/h3-14,25H,15-17H2,1-2H3,(H,32,39)/t25-/m1/s1. The molecule has 3 aromatic carbocycles. The van der Waals surface area contributed by atoms with Crippen molar-refractivity contribution in [3.05, 3.63) is 106 Å². The first-order valence-electron chi connectivity index (χ1n) is 12.7. The Morgan fingerprint density at radius 3 is 2.59 bits per heavy atom. The van der Waals surface area contributed by atoms with Gasteiger partial charge in [-0.1, -0.05) is 58.0 Å². The third kappa shape index (κ3) is 6.66. The van der Waals surface area contributed by atoms with Crippen LogP contribution in [-0.2, 0) is 18.4 Å². The van der Waals surface area contributed by atoms with Crippen molar-refractivity contribution in [1.29, 1.82) is 0 Å². The number of methoxy groups -OCH3 is 1. The molecule has 4 aromatic rings. The van der Waals surface area contributed by atoms with Gasteiger partial charge in [-0.3, -0.25) is 9.59 Å². The zero-order valence-electron chi connectivity index (χ0n) is 22.3. The van der Waals surface area contributed by atoms with E-state index in [1.165, 1.54) is 28.9 Å². The summed E-state index contributed by atoms with van der Waals surface area (Å²) in [5.74, 6) is 0.373. The highest BCUT2D eigenvalue weighted by molar-refractivity contribution is 9.10. The number of rotatable bonds is 9. The van der Waals surface area contributed by atoms with Crippen LogP contribution in [0.4, 0.5) is 4.39 Å². The Morgan fingerprint density at radius 2 is 1.85 bits per heavy atom. The van der Waals surface area contributed by atoms with Gasteiger partial charge in [0.2, 0.25) is 0 Å². The molecule has 1 atom stereocenters. The van der Waals surface area contributed by atoms with Crippen LogP contribution in [0.2, 0.25) is 0 Å². The molecule has 0 fully saturated rings. The van der Waals surface area contributed by atoms with Crippen molar-refractivity contribution in [1.82, 2.24) is 25.1 Å². The lowest BCUT2D eigenvalue weighted by molar-refractivity contribution is -0.130. The Bertz CT molecular complexity index is 1590. The SMILES string of the molecule is COc1cccc(C(=O)NCc2nnc(SCC(=O)N3N=C(c4ccc(Br)cc4)C[C@@H]3c3ccc(F)cc3)n2C)c1. The van der Waals surface area contributed by atoms with Crippen molar-refractivity contribution >= 4 is 45.2 Å². The van der Waals surface area contributed by atoms with Gasteiger partial charge in [0.25, 0.3) is 11.8 Å². The third-order valence-corrected chi connectivity index (χ3v) is 8.12. The van der Waals surface area contributed by atoms with E-state index in [1.807, 2.05) is 24.3 Å². The van der Waals surface area contributed by atoms with E-state index >= 15 is 0 Å². The van der Waals surface area contributed by atoms with Crippen molar-refractivity contribution < 1.29 is 18.7 Å². The molecule has 12 heteroatoms. The van der Waals surface area contributed by atoms with Gasteiger partial charge < -0.3 is 14.6 Å². The minimum atomic E-state index is -0.357. The van der Waals surface area contributed by atoms with Crippen LogP contribution in [0.25, 0.3) is 0 Å². The zero-order valence-corrected chi connectivity index (χ0v) is 24.7. The van der Waals surface area contributed by atoms with Crippen LogP contribution in [0, 0.1) is 5.82 Å². The van der Waals surface area contributed by atoms with Crippen molar-refractivity contribution in [3.63, 3.8) is 0 Å². The minimum absolute atomic E-state index is 0.0664. The van der Waals surface area contributed by atoms with Crippen molar-refractivity contribution in [3.8, 4) is 5.75 Å². The summed E-state index contributed by atoms with van der Waals surface area (Å²) in [6.07, 6.45) is 0.505. The highest BCUT2D eigenvalue weighted by Crippen LogP contribution is 2.34. The van der Waals surface area contributed by atoms with Gasteiger partial charge in [-0.15, -0.1) is 10.2 Å². The van der Waals surface area contributed by atoms with Gasteiger partial charge >= 0.3 is 0 Å². The first kappa shape index (κ1) is 28.5. The Balaban J connectivity index is 1.26. The number of halogens is 2. The topological polar surface area (TPSA) is 102 Å². The lowest BCUT2D eigenvalue weighted by atomic mass is 9.98. The normalized spacial score (nSPS) is 14.6. The second-order valence-corrected chi connectivity index (χ2v) is 11.1. The molecular formula is C29H26BrFN6O3S. The van der Waals surface area contributed by atoms with Crippen LogP contribution in [-0.4, -0.2) is 50.2 Å². The Kier molecular flexibility index (Phi) is 8.79. The number of hydrogen-bond donors (Lipinski definition) is 1. The van der Waals surface area contributed by atoms with Gasteiger partial charge in [0.15, 0.2) is 11.0 Å². The van der Waals surface area contributed by atoms with Crippen molar-refractivity contribution in [2.75, 3.05) is 12.9 Å². The molecule has 9 nitrogen and oxygen atoms in total. The van der Waals surface area contributed by atoms with E-state index < -0.39 is 0 Å². The molecule has 5 rings (SSSR count). The maximum atomic E-state index is 13.6. The third-order valence-electron chi connectivity index (χ3n) is 6.59. The number of hydrazone groups is 1. The molecule has 1 aliphatic heterocycles. The van der Waals surface area contributed by atoms with E-state index in [4.69, 9.17) is 4.74 Å². The molecule has 0 saturated carbocycles. The summed E-state index contributed by atoms with van der Waals surface area (Å²) in [6, 6.07) is 20.4. The van der Waals surface area contributed by atoms with Crippen molar-refractivity contribution in [2.24, 2.45) is 12.1 Å². The average Bonchev–Trinajstić information content (AvgIpc) is 3.59. The molecular weight excluding hydrogens is 611 g/mol. The Morgan fingerprint density at radius 1 is 1.10 bits per heavy atom. The van der Waals surface area contributed by atoms with Gasteiger partial charge in [-0.2, -0.15) is 5.10 Å². The van der Waals surface area contributed by atoms with Crippen LogP contribution in [0.3, 0.4) is 0 Å². The number of carbonyl (C=O) groups is 2. The van der Waals surface area contributed by atoms with Crippen LogP contribution in [0.15, 0.2) is 87.5 Å². The summed E-state index contributed by atoms with van der Waals surface area (Å²) < 4.78 is 21.5. The fourth-order valence-electron chi connectivity index (χ4n) is 4.34. The van der Waals surface area contributed by atoms with E-state index in [0.717, 1.165) is 21.3 Å². The number of nitrogens with zero attached hydrogens (tertiary/aromatic N) is 5. The molecule has 1 aromatic heterocycles. The lowest BCUT2D eigenvalue weighted by Gasteiger charge is -2.22. The lowest BCUT2D eigenvalue weighted by Crippen LogP contribution is -2.28. The molecule has 0 aliphatic carbocycles. The molecule has 41 heavy (non-hydrogen) atoms. The van der Waals surface area contributed by atoms with Crippen molar-refractivity contribution in [2.45, 2.75) is 24.2 Å². The van der Waals surface area contributed by atoms with Crippen LogP contribution >= 0.6 is 27.7 Å². The van der Waals surface area contributed by atoms with E-state index in [9.17, 15) is 14.0 Å². The predicted octanol–water partition coefficient (Wildman–Crippen LogP) is 5.13. The Hall–Kier alpha value is -4.03. The molecule has 1 N–H and O–H groups in total. The van der Waals surface area contributed by atoms with E-state index in [0.29, 0.717) is 28.7 Å². The number of nitrogens with one attached hydrogen (secondary N) is 1. The molecule has 1 aliphatic rings. The number of hydrogen-bond acceptors (Lipinski definition) is 7. The highest BCUT2D eigenvalue weighted by atomic mass is 79.9. The van der Waals surface area contributed by atoms with Gasteiger partial charge in [0, 0.05) is 23.5 Å². The average molecular weight is 638 g/mol. The second kappa shape index (κ2) is 12.6. The number of ether oxygens (including phenoxy) is 1. The fraction of sp³-hybridized carbons (Fsp3) is 0.207. The molecule has 2 amide bonds. The predicted molar refractivity (Wildman–Crippen MR) is 157 cm³/mol. The number of amides is 2. The van der Waals surface area contributed by atoms with Crippen LogP contribution in [0.1, 0.15) is 39.8 Å². The largest absolute Gasteiger partial charge is 0.497 e. The van der Waals surface area contributed by atoms with Crippen LogP contribution < -0.4 is 10.1 Å². The summed E-state index contributed by atoms with van der Waals surface area (Å²) in [7, 11) is 3.32. The number of thioether (sulfide) groups is 1. The van der Waals surface area contributed by atoms with E-state index in [1.54, 1.807) is 55.1 Å².